The molecule has 1 aromatic carbocycles. The van der Waals surface area contributed by atoms with Crippen LogP contribution in [0, 0.1) is 12.8 Å². The van der Waals surface area contributed by atoms with Crippen molar-refractivity contribution in [1.82, 2.24) is 15.3 Å². The summed E-state index contributed by atoms with van der Waals surface area (Å²) >= 11 is 5.90. The number of nitrogens with zero attached hydrogens (tertiary/aromatic N) is 3. The normalized spacial score (nSPS) is 16.0. The second kappa shape index (κ2) is 9.56. The van der Waals surface area contributed by atoms with Gasteiger partial charge in [0, 0.05) is 49.4 Å². The lowest BCUT2D eigenvalue weighted by Gasteiger charge is -2.17. The number of carbonyl (C=O) groups is 2. The average molecular weight is 417 g/mol. The van der Waals surface area contributed by atoms with Crippen LogP contribution in [-0.4, -0.2) is 48.0 Å². The van der Waals surface area contributed by atoms with Gasteiger partial charge in [-0.15, -0.1) is 0 Å². The lowest BCUT2D eigenvalue weighted by Crippen LogP contribution is -2.35. The van der Waals surface area contributed by atoms with Gasteiger partial charge in [0.2, 0.25) is 11.8 Å². The smallest absolute Gasteiger partial charge is 0.227 e. The highest BCUT2D eigenvalue weighted by atomic mass is 35.5. The molecule has 3 N–H and O–H groups in total. The zero-order valence-electron chi connectivity index (χ0n) is 16.5. The summed E-state index contributed by atoms with van der Waals surface area (Å²) in [6.07, 6.45) is 0.207. The fourth-order valence-electron chi connectivity index (χ4n) is 3.20. The Bertz CT molecular complexity index is 874. The van der Waals surface area contributed by atoms with Crippen molar-refractivity contribution >= 4 is 40.7 Å². The van der Waals surface area contributed by atoms with Crippen LogP contribution in [0.1, 0.15) is 19.2 Å². The first-order chi connectivity index (χ1) is 14.0. The summed E-state index contributed by atoms with van der Waals surface area (Å²) in [4.78, 5) is 35.0. The van der Waals surface area contributed by atoms with Gasteiger partial charge in [0.05, 0.1) is 5.92 Å². The van der Waals surface area contributed by atoms with Crippen LogP contribution < -0.4 is 20.9 Å². The Morgan fingerprint density at radius 1 is 1.17 bits per heavy atom. The van der Waals surface area contributed by atoms with E-state index in [1.165, 1.54) is 0 Å². The highest BCUT2D eigenvalue weighted by molar-refractivity contribution is 6.30. The Morgan fingerprint density at radius 3 is 2.55 bits per heavy atom. The fourth-order valence-corrected chi connectivity index (χ4v) is 3.33. The zero-order chi connectivity index (χ0) is 20.8. The Morgan fingerprint density at radius 2 is 1.86 bits per heavy atom. The molecule has 0 radical (unpaired) electrons. The van der Waals surface area contributed by atoms with Crippen LogP contribution >= 0.6 is 11.6 Å². The summed E-state index contributed by atoms with van der Waals surface area (Å²) in [7, 11) is 0. The van der Waals surface area contributed by atoms with Crippen molar-refractivity contribution in [3.05, 3.63) is 41.2 Å². The van der Waals surface area contributed by atoms with Gasteiger partial charge < -0.3 is 20.9 Å². The predicted molar refractivity (Wildman–Crippen MR) is 114 cm³/mol. The van der Waals surface area contributed by atoms with Crippen molar-refractivity contribution in [2.75, 3.05) is 41.7 Å². The summed E-state index contributed by atoms with van der Waals surface area (Å²) in [5, 5.41) is 9.84. The molecule has 1 aromatic heterocycles. The maximum atomic E-state index is 12.5. The number of aryl methyl sites for hydroxylation is 1. The summed E-state index contributed by atoms with van der Waals surface area (Å²) in [6, 6.07) is 8.88. The Labute approximate surface area is 175 Å². The maximum Gasteiger partial charge on any atom is 0.227 e. The SMILES string of the molecule is CCNc1cc(NCCNC(=O)C2CC(=O)N(c3ccc(Cl)cc3)C2)nc(C)n1. The molecule has 1 aliphatic heterocycles. The van der Waals surface area contributed by atoms with Crippen LogP contribution in [0.15, 0.2) is 30.3 Å². The van der Waals surface area contributed by atoms with Crippen LogP contribution in [0.5, 0.6) is 0 Å². The zero-order valence-corrected chi connectivity index (χ0v) is 17.3. The minimum absolute atomic E-state index is 0.0574. The van der Waals surface area contributed by atoms with Gasteiger partial charge in [-0.3, -0.25) is 9.59 Å². The van der Waals surface area contributed by atoms with Crippen molar-refractivity contribution in [2.45, 2.75) is 20.3 Å². The minimum atomic E-state index is -0.361. The van der Waals surface area contributed by atoms with Crippen molar-refractivity contribution in [3.63, 3.8) is 0 Å². The third-order valence-corrected chi connectivity index (χ3v) is 4.81. The van der Waals surface area contributed by atoms with E-state index in [-0.39, 0.29) is 24.2 Å². The first kappa shape index (κ1) is 20.9. The molecule has 1 saturated heterocycles. The highest BCUT2D eigenvalue weighted by Crippen LogP contribution is 2.26. The molecule has 1 unspecified atom stereocenters. The average Bonchev–Trinajstić information content (AvgIpc) is 3.07. The number of halogens is 1. The van der Waals surface area contributed by atoms with Crippen LogP contribution in [-0.2, 0) is 9.59 Å². The second-order valence-corrected chi connectivity index (χ2v) is 7.25. The molecule has 1 atom stereocenters. The molecule has 0 spiro atoms. The van der Waals surface area contributed by atoms with Crippen LogP contribution in [0.3, 0.4) is 0 Å². The molecule has 2 aromatic rings. The molecule has 3 rings (SSSR count). The number of rotatable bonds is 8. The maximum absolute atomic E-state index is 12.5. The lowest BCUT2D eigenvalue weighted by molar-refractivity contribution is -0.126. The van der Waals surface area contributed by atoms with Crippen molar-refractivity contribution in [3.8, 4) is 0 Å². The third kappa shape index (κ3) is 5.57. The van der Waals surface area contributed by atoms with Crippen molar-refractivity contribution in [2.24, 2.45) is 5.92 Å². The monoisotopic (exact) mass is 416 g/mol. The molecule has 2 heterocycles. The molecule has 0 saturated carbocycles. The lowest BCUT2D eigenvalue weighted by atomic mass is 10.1. The number of aromatic nitrogens is 2. The molecule has 154 valence electrons. The molecule has 1 fully saturated rings. The topological polar surface area (TPSA) is 99.2 Å². The number of hydrogen-bond donors (Lipinski definition) is 3. The summed E-state index contributed by atoms with van der Waals surface area (Å²) < 4.78 is 0. The van der Waals surface area contributed by atoms with E-state index in [0.29, 0.717) is 36.3 Å². The molecule has 8 nitrogen and oxygen atoms in total. The number of benzene rings is 1. The van der Waals surface area contributed by atoms with E-state index in [9.17, 15) is 9.59 Å². The standard InChI is InChI=1S/C20H25ClN6O2/c1-3-22-17-11-18(26-13(2)25-17)23-8-9-24-20(29)14-10-19(28)27(12-14)16-6-4-15(21)5-7-16/h4-7,11,14H,3,8-10,12H2,1-2H3,(H,24,29)(H2,22,23,25,26). The van der Waals surface area contributed by atoms with E-state index in [0.717, 1.165) is 18.1 Å². The van der Waals surface area contributed by atoms with Crippen LogP contribution in [0.25, 0.3) is 0 Å². The molecule has 0 bridgehead atoms. The van der Waals surface area contributed by atoms with Gasteiger partial charge in [0.15, 0.2) is 0 Å². The van der Waals surface area contributed by atoms with Crippen molar-refractivity contribution in [1.29, 1.82) is 0 Å². The fraction of sp³-hybridized carbons (Fsp3) is 0.400. The molecule has 0 aliphatic carbocycles. The van der Waals surface area contributed by atoms with Gasteiger partial charge in [-0.2, -0.15) is 0 Å². The van der Waals surface area contributed by atoms with E-state index in [1.54, 1.807) is 29.2 Å². The largest absolute Gasteiger partial charge is 0.370 e. The highest BCUT2D eigenvalue weighted by Gasteiger charge is 2.34. The number of nitrogens with one attached hydrogen (secondary N) is 3. The van der Waals surface area contributed by atoms with Gasteiger partial charge in [0.25, 0.3) is 0 Å². The third-order valence-electron chi connectivity index (χ3n) is 4.56. The quantitative estimate of drug-likeness (QED) is 0.571. The summed E-state index contributed by atoms with van der Waals surface area (Å²) in [5.41, 5.74) is 0.756. The van der Waals surface area contributed by atoms with E-state index >= 15 is 0 Å². The molecular formula is C20H25ClN6O2. The molecule has 2 amide bonds. The van der Waals surface area contributed by atoms with E-state index in [1.807, 2.05) is 19.9 Å². The Balaban J connectivity index is 1.46. The van der Waals surface area contributed by atoms with Crippen LogP contribution in [0.4, 0.5) is 17.3 Å². The molecule has 1 aliphatic rings. The molecular weight excluding hydrogens is 392 g/mol. The van der Waals surface area contributed by atoms with E-state index in [2.05, 4.69) is 25.9 Å². The first-order valence-electron chi connectivity index (χ1n) is 9.63. The first-order valence-corrected chi connectivity index (χ1v) is 10.0. The summed E-state index contributed by atoms with van der Waals surface area (Å²) in [6.45, 7) is 5.94. The molecule has 9 heteroatoms. The van der Waals surface area contributed by atoms with Gasteiger partial charge >= 0.3 is 0 Å². The van der Waals surface area contributed by atoms with E-state index < -0.39 is 0 Å². The van der Waals surface area contributed by atoms with Crippen LogP contribution in [0.2, 0.25) is 5.02 Å². The van der Waals surface area contributed by atoms with Gasteiger partial charge in [-0.25, -0.2) is 9.97 Å². The van der Waals surface area contributed by atoms with E-state index in [4.69, 9.17) is 11.6 Å². The number of hydrogen-bond acceptors (Lipinski definition) is 6. The number of carbonyl (C=O) groups excluding carboxylic acids is 2. The second-order valence-electron chi connectivity index (χ2n) is 6.82. The van der Waals surface area contributed by atoms with Gasteiger partial charge in [0.1, 0.15) is 17.5 Å². The predicted octanol–water partition coefficient (Wildman–Crippen LogP) is 2.45. The number of amides is 2. The number of anilines is 3. The Hall–Kier alpha value is -2.87. The Kier molecular flexibility index (Phi) is 6.87. The van der Waals surface area contributed by atoms with Gasteiger partial charge in [-0.1, -0.05) is 11.6 Å². The summed E-state index contributed by atoms with van der Waals surface area (Å²) in [5.74, 6) is 1.59. The van der Waals surface area contributed by atoms with Crippen molar-refractivity contribution < 1.29 is 9.59 Å². The minimum Gasteiger partial charge on any atom is -0.370 e. The molecule has 29 heavy (non-hydrogen) atoms. The van der Waals surface area contributed by atoms with Gasteiger partial charge in [-0.05, 0) is 38.1 Å².